The van der Waals surface area contributed by atoms with E-state index in [2.05, 4.69) is 0 Å². The third-order valence-corrected chi connectivity index (χ3v) is 6.81. The van der Waals surface area contributed by atoms with Crippen LogP contribution >= 0.6 is 11.3 Å². The second-order valence-corrected chi connectivity index (χ2v) is 9.06. The van der Waals surface area contributed by atoms with Crippen molar-refractivity contribution >= 4 is 28.9 Å². The third kappa shape index (κ3) is 4.88. The molecule has 1 fully saturated rings. The van der Waals surface area contributed by atoms with Gasteiger partial charge in [0, 0.05) is 19.5 Å². The number of carbonyl (C=O) groups is 2. The zero-order valence-corrected chi connectivity index (χ0v) is 19.4. The predicted octanol–water partition coefficient (Wildman–Crippen LogP) is 3.98. The fraction of sp³-hybridized carbons (Fsp3) is 0.269. The average Bonchev–Trinajstić information content (AvgIpc) is 3.59. The quantitative estimate of drug-likeness (QED) is 0.541. The lowest BCUT2D eigenvalue weighted by Gasteiger charge is -2.26. The number of rotatable bonds is 6. The number of carbonyl (C=O) groups excluding carboxylic acids is 2. The van der Waals surface area contributed by atoms with Crippen LogP contribution in [0.2, 0.25) is 0 Å². The van der Waals surface area contributed by atoms with Gasteiger partial charge in [-0.25, -0.2) is 5.01 Å². The van der Waals surface area contributed by atoms with Crippen molar-refractivity contribution in [1.29, 1.82) is 0 Å². The van der Waals surface area contributed by atoms with Crippen LogP contribution in [0.15, 0.2) is 77.2 Å². The molecule has 0 unspecified atom stereocenters. The molecule has 5 rings (SSSR count). The van der Waals surface area contributed by atoms with Crippen molar-refractivity contribution in [3.8, 4) is 5.75 Å². The van der Waals surface area contributed by atoms with Crippen LogP contribution in [-0.4, -0.2) is 60.3 Å². The second kappa shape index (κ2) is 10.2. The first-order valence-electron chi connectivity index (χ1n) is 11.3. The molecule has 3 heterocycles. The Morgan fingerprint density at radius 1 is 1.00 bits per heavy atom. The molecule has 2 aromatic carbocycles. The van der Waals surface area contributed by atoms with E-state index in [4.69, 9.17) is 14.6 Å². The van der Waals surface area contributed by atoms with Gasteiger partial charge in [0.25, 0.3) is 11.8 Å². The molecule has 0 saturated carbocycles. The van der Waals surface area contributed by atoms with Crippen LogP contribution in [0.1, 0.15) is 33.3 Å². The number of hydrogen-bond donors (Lipinski definition) is 0. The zero-order valence-electron chi connectivity index (χ0n) is 18.6. The van der Waals surface area contributed by atoms with Gasteiger partial charge in [-0.2, -0.15) is 5.10 Å². The Balaban J connectivity index is 1.30. The molecule has 2 amide bonds. The van der Waals surface area contributed by atoms with Crippen molar-refractivity contribution in [3.63, 3.8) is 0 Å². The summed E-state index contributed by atoms with van der Waals surface area (Å²) in [7, 11) is 0. The molecule has 8 heteroatoms. The Morgan fingerprint density at radius 2 is 1.76 bits per heavy atom. The summed E-state index contributed by atoms with van der Waals surface area (Å²) in [6.45, 7) is 2.34. The molecule has 2 aliphatic rings. The van der Waals surface area contributed by atoms with E-state index in [1.54, 1.807) is 9.91 Å². The van der Waals surface area contributed by atoms with E-state index in [1.807, 2.05) is 72.1 Å². The van der Waals surface area contributed by atoms with Crippen LogP contribution in [0.4, 0.5) is 0 Å². The lowest BCUT2D eigenvalue weighted by molar-refractivity contribution is -0.137. The smallest absolute Gasteiger partial charge is 0.284 e. The van der Waals surface area contributed by atoms with E-state index in [0.717, 1.165) is 16.8 Å². The van der Waals surface area contributed by atoms with Crippen LogP contribution < -0.4 is 4.74 Å². The summed E-state index contributed by atoms with van der Waals surface area (Å²) >= 11 is 1.42. The standard InChI is InChI=1S/C26H25N3O4S/c30-25(28-12-14-32-15-13-28)18-33-21-10-8-19(9-11-21)22-17-23(20-5-2-1-3-6-20)29(27-22)26(31)24-7-4-16-34-24/h1-11,16,23H,12-15,17-18H2/t23-/m0/s1. The van der Waals surface area contributed by atoms with Gasteiger partial charge in [0.1, 0.15) is 5.75 Å². The summed E-state index contributed by atoms with van der Waals surface area (Å²) < 4.78 is 11.0. The van der Waals surface area contributed by atoms with Crippen molar-refractivity contribution in [2.24, 2.45) is 5.10 Å². The van der Waals surface area contributed by atoms with Crippen LogP contribution in [0, 0.1) is 0 Å². The first-order valence-corrected chi connectivity index (χ1v) is 12.2. The maximum atomic E-state index is 13.2. The molecule has 1 saturated heterocycles. The monoisotopic (exact) mass is 475 g/mol. The maximum absolute atomic E-state index is 13.2. The normalized spacial score (nSPS) is 18.0. The number of ether oxygens (including phenoxy) is 2. The second-order valence-electron chi connectivity index (χ2n) is 8.11. The van der Waals surface area contributed by atoms with E-state index in [1.165, 1.54) is 11.3 Å². The number of hydrogen-bond acceptors (Lipinski definition) is 6. The SMILES string of the molecule is O=C(COc1ccc(C2=NN(C(=O)c3cccs3)[C@H](c3ccccc3)C2)cc1)N1CCOCC1. The van der Waals surface area contributed by atoms with Gasteiger partial charge in [-0.05, 0) is 46.8 Å². The van der Waals surface area contributed by atoms with Crippen LogP contribution in [0.3, 0.4) is 0 Å². The molecule has 1 atom stereocenters. The van der Waals surface area contributed by atoms with Gasteiger partial charge in [-0.1, -0.05) is 36.4 Å². The van der Waals surface area contributed by atoms with E-state index in [-0.39, 0.29) is 24.5 Å². The van der Waals surface area contributed by atoms with Crippen molar-refractivity contribution in [3.05, 3.63) is 88.1 Å². The number of benzene rings is 2. The Kier molecular flexibility index (Phi) is 6.69. The van der Waals surface area contributed by atoms with Gasteiger partial charge >= 0.3 is 0 Å². The third-order valence-electron chi connectivity index (χ3n) is 5.95. The zero-order chi connectivity index (χ0) is 23.3. The average molecular weight is 476 g/mol. The molecular formula is C26H25N3O4S. The number of nitrogens with zero attached hydrogens (tertiary/aromatic N) is 3. The Labute approximate surface area is 202 Å². The highest BCUT2D eigenvalue weighted by molar-refractivity contribution is 7.12. The van der Waals surface area contributed by atoms with E-state index in [0.29, 0.717) is 43.4 Å². The summed E-state index contributed by atoms with van der Waals surface area (Å²) in [6.07, 6.45) is 0.622. The van der Waals surface area contributed by atoms with Gasteiger partial charge < -0.3 is 14.4 Å². The summed E-state index contributed by atoms with van der Waals surface area (Å²) in [5, 5.41) is 8.23. The highest BCUT2D eigenvalue weighted by atomic mass is 32.1. The Hall–Kier alpha value is -3.49. The van der Waals surface area contributed by atoms with Crippen LogP contribution in [0.5, 0.6) is 5.75 Å². The molecule has 0 spiro atoms. The molecule has 3 aromatic rings. The maximum Gasteiger partial charge on any atom is 0.284 e. The fourth-order valence-electron chi connectivity index (χ4n) is 4.11. The molecule has 7 nitrogen and oxygen atoms in total. The Bertz CT molecular complexity index is 1160. The number of thiophene rings is 1. The number of hydrazone groups is 1. The highest BCUT2D eigenvalue weighted by Gasteiger charge is 2.34. The fourth-order valence-corrected chi connectivity index (χ4v) is 4.77. The van der Waals surface area contributed by atoms with Crippen LogP contribution in [-0.2, 0) is 9.53 Å². The van der Waals surface area contributed by atoms with E-state index >= 15 is 0 Å². The van der Waals surface area contributed by atoms with Crippen molar-refractivity contribution in [1.82, 2.24) is 9.91 Å². The van der Waals surface area contributed by atoms with Crippen molar-refractivity contribution in [2.75, 3.05) is 32.9 Å². The molecule has 174 valence electrons. The lowest BCUT2D eigenvalue weighted by Crippen LogP contribution is -2.42. The highest BCUT2D eigenvalue weighted by Crippen LogP contribution is 2.34. The first kappa shape index (κ1) is 22.3. The van der Waals surface area contributed by atoms with Gasteiger partial charge in [0.2, 0.25) is 0 Å². The molecule has 1 aromatic heterocycles. The molecule has 2 aliphatic heterocycles. The molecule has 34 heavy (non-hydrogen) atoms. The van der Waals surface area contributed by atoms with Crippen LogP contribution in [0.25, 0.3) is 0 Å². The van der Waals surface area contributed by atoms with Gasteiger partial charge in [-0.15, -0.1) is 11.3 Å². The van der Waals surface area contributed by atoms with Gasteiger partial charge in [0.05, 0.1) is 29.8 Å². The molecule has 0 N–H and O–H groups in total. The summed E-state index contributed by atoms with van der Waals surface area (Å²) in [5.74, 6) is 0.483. The molecular weight excluding hydrogens is 450 g/mol. The minimum absolute atomic E-state index is 0.000528. The molecule has 0 radical (unpaired) electrons. The number of amides is 2. The molecule has 0 bridgehead atoms. The molecule has 0 aliphatic carbocycles. The minimum atomic E-state index is -0.159. The summed E-state index contributed by atoms with van der Waals surface area (Å²) in [4.78, 5) is 27.9. The summed E-state index contributed by atoms with van der Waals surface area (Å²) in [6, 6.07) is 21.0. The Morgan fingerprint density at radius 3 is 2.47 bits per heavy atom. The van der Waals surface area contributed by atoms with E-state index < -0.39 is 0 Å². The largest absolute Gasteiger partial charge is 0.484 e. The van der Waals surface area contributed by atoms with E-state index in [9.17, 15) is 9.59 Å². The lowest BCUT2D eigenvalue weighted by atomic mass is 9.98. The van der Waals surface area contributed by atoms with Gasteiger partial charge in [0.15, 0.2) is 6.61 Å². The topological polar surface area (TPSA) is 71.4 Å². The first-order chi connectivity index (χ1) is 16.7. The predicted molar refractivity (Wildman–Crippen MR) is 130 cm³/mol. The van der Waals surface area contributed by atoms with Crippen molar-refractivity contribution in [2.45, 2.75) is 12.5 Å². The van der Waals surface area contributed by atoms with Gasteiger partial charge in [-0.3, -0.25) is 9.59 Å². The summed E-state index contributed by atoms with van der Waals surface area (Å²) in [5.41, 5.74) is 2.82. The number of morpholine rings is 1. The minimum Gasteiger partial charge on any atom is -0.484 e. The van der Waals surface area contributed by atoms with Crippen molar-refractivity contribution < 1.29 is 19.1 Å².